The number of benzene rings is 1. The van der Waals surface area contributed by atoms with Crippen LogP contribution in [0.4, 0.5) is 4.39 Å². The zero-order valence-corrected chi connectivity index (χ0v) is 11.0. The van der Waals surface area contributed by atoms with Gasteiger partial charge in [-0.1, -0.05) is 24.6 Å². The van der Waals surface area contributed by atoms with Gasteiger partial charge in [-0.05, 0) is 37.4 Å². The summed E-state index contributed by atoms with van der Waals surface area (Å²) in [5, 5.41) is 0.142. The molecular weight excluding hydrogens is 241 g/mol. The van der Waals surface area contributed by atoms with E-state index in [1.807, 2.05) is 20.8 Å². The number of hydrogen-bond acceptors (Lipinski definition) is 2. The van der Waals surface area contributed by atoms with Crippen LogP contribution in [0, 0.1) is 5.82 Å². The van der Waals surface area contributed by atoms with Crippen molar-refractivity contribution >= 4 is 24.2 Å². The van der Waals surface area contributed by atoms with Crippen LogP contribution in [0.1, 0.15) is 26.3 Å². The van der Waals surface area contributed by atoms with Gasteiger partial charge in [-0.15, -0.1) is 0 Å². The Morgan fingerprint density at radius 1 is 1.47 bits per heavy atom. The van der Waals surface area contributed by atoms with Crippen LogP contribution in [-0.4, -0.2) is 19.3 Å². The minimum Gasteiger partial charge on any atom is -0.404 e. The van der Waals surface area contributed by atoms with Crippen molar-refractivity contribution in [2.75, 3.05) is 6.61 Å². The van der Waals surface area contributed by atoms with Crippen LogP contribution < -0.4 is 5.46 Å². The Balaban J connectivity index is 2.37. The van der Waals surface area contributed by atoms with E-state index in [1.165, 1.54) is 0 Å². The fourth-order valence-electron chi connectivity index (χ4n) is 1.98. The fourth-order valence-corrected chi connectivity index (χ4v) is 2.15. The minimum atomic E-state index is -0.494. The minimum absolute atomic E-state index is 0.142. The van der Waals surface area contributed by atoms with E-state index in [1.54, 1.807) is 12.1 Å². The highest BCUT2D eigenvalue weighted by molar-refractivity contribution is 6.62. The number of halogens is 2. The van der Waals surface area contributed by atoms with Gasteiger partial charge in [-0.25, -0.2) is 4.39 Å². The van der Waals surface area contributed by atoms with Crippen molar-refractivity contribution in [2.45, 2.75) is 32.8 Å². The Labute approximate surface area is 106 Å². The SMILES string of the molecule is CCc1c(B2OCC(C)(C)O2)ccc(Cl)c1F. The molecule has 1 saturated heterocycles. The van der Waals surface area contributed by atoms with Gasteiger partial charge in [0, 0.05) is 0 Å². The van der Waals surface area contributed by atoms with E-state index in [2.05, 4.69) is 0 Å². The molecule has 1 aliphatic heterocycles. The second kappa shape index (κ2) is 4.60. The second-order valence-corrected chi connectivity index (χ2v) is 5.21. The molecule has 1 aliphatic rings. The molecule has 0 unspecified atom stereocenters. The summed E-state index contributed by atoms with van der Waals surface area (Å²) in [5.74, 6) is -0.372. The highest BCUT2D eigenvalue weighted by Gasteiger charge is 2.39. The molecule has 0 saturated carbocycles. The van der Waals surface area contributed by atoms with E-state index >= 15 is 0 Å². The summed E-state index contributed by atoms with van der Waals surface area (Å²) in [7, 11) is -0.494. The summed E-state index contributed by atoms with van der Waals surface area (Å²) >= 11 is 5.77. The van der Waals surface area contributed by atoms with Crippen molar-refractivity contribution in [3.05, 3.63) is 28.5 Å². The number of hydrogen-bond donors (Lipinski definition) is 0. The topological polar surface area (TPSA) is 18.5 Å². The van der Waals surface area contributed by atoms with Gasteiger partial charge in [0.25, 0.3) is 0 Å². The van der Waals surface area contributed by atoms with Gasteiger partial charge in [0.05, 0.1) is 17.2 Å². The first-order valence-corrected chi connectivity index (χ1v) is 6.08. The monoisotopic (exact) mass is 256 g/mol. The molecule has 0 N–H and O–H groups in total. The molecule has 0 aromatic heterocycles. The fraction of sp³-hybridized carbons (Fsp3) is 0.500. The molecule has 1 fully saturated rings. The van der Waals surface area contributed by atoms with E-state index in [0.717, 1.165) is 5.46 Å². The average Bonchev–Trinajstić information content (AvgIpc) is 2.62. The summed E-state index contributed by atoms with van der Waals surface area (Å²) in [5.41, 5.74) is 0.978. The van der Waals surface area contributed by atoms with Gasteiger partial charge >= 0.3 is 7.12 Å². The maximum absolute atomic E-state index is 13.9. The third-order valence-corrected chi connectivity index (χ3v) is 3.14. The maximum atomic E-state index is 13.9. The van der Waals surface area contributed by atoms with Crippen LogP contribution in [0.2, 0.25) is 5.02 Å². The van der Waals surface area contributed by atoms with Crippen molar-refractivity contribution < 1.29 is 13.7 Å². The van der Waals surface area contributed by atoms with Crippen LogP contribution in [0.25, 0.3) is 0 Å². The van der Waals surface area contributed by atoms with Gasteiger partial charge in [-0.3, -0.25) is 0 Å². The highest BCUT2D eigenvalue weighted by Crippen LogP contribution is 2.23. The van der Waals surface area contributed by atoms with Crippen molar-refractivity contribution in [2.24, 2.45) is 0 Å². The summed E-state index contributed by atoms with van der Waals surface area (Å²) in [6, 6.07) is 3.32. The van der Waals surface area contributed by atoms with Crippen LogP contribution >= 0.6 is 11.6 Å². The molecule has 1 aromatic rings. The van der Waals surface area contributed by atoms with Crippen molar-refractivity contribution in [3.63, 3.8) is 0 Å². The van der Waals surface area contributed by atoms with Crippen LogP contribution in [0.5, 0.6) is 0 Å². The van der Waals surface area contributed by atoms with E-state index in [-0.39, 0.29) is 16.4 Å². The molecule has 2 rings (SSSR count). The van der Waals surface area contributed by atoms with E-state index in [9.17, 15) is 4.39 Å². The largest absolute Gasteiger partial charge is 0.494 e. The Kier molecular flexibility index (Phi) is 3.48. The first kappa shape index (κ1) is 12.9. The molecule has 0 atom stereocenters. The number of rotatable bonds is 2. The normalized spacial score (nSPS) is 18.8. The summed E-state index contributed by atoms with van der Waals surface area (Å²) in [6.07, 6.45) is 0.561. The highest BCUT2D eigenvalue weighted by atomic mass is 35.5. The molecule has 1 aromatic carbocycles. The molecule has 0 spiro atoms. The first-order chi connectivity index (χ1) is 7.94. The van der Waals surface area contributed by atoms with Gasteiger partial charge in [0.1, 0.15) is 5.82 Å². The van der Waals surface area contributed by atoms with Gasteiger partial charge in [0.15, 0.2) is 0 Å². The second-order valence-electron chi connectivity index (χ2n) is 4.80. The van der Waals surface area contributed by atoms with Crippen molar-refractivity contribution in [3.8, 4) is 0 Å². The molecule has 0 amide bonds. The first-order valence-electron chi connectivity index (χ1n) is 5.71. The van der Waals surface area contributed by atoms with Gasteiger partial charge in [0.2, 0.25) is 0 Å². The van der Waals surface area contributed by atoms with E-state index < -0.39 is 7.12 Å². The predicted octanol–water partition coefficient (Wildman–Crippen LogP) is 2.56. The lowest BCUT2D eigenvalue weighted by Crippen LogP contribution is -2.37. The van der Waals surface area contributed by atoms with Gasteiger partial charge in [-0.2, -0.15) is 0 Å². The van der Waals surface area contributed by atoms with Crippen LogP contribution in [-0.2, 0) is 15.7 Å². The van der Waals surface area contributed by atoms with Crippen LogP contribution in [0.3, 0.4) is 0 Å². The molecule has 92 valence electrons. The lowest BCUT2D eigenvalue weighted by molar-refractivity contribution is 0.137. The third-order valence-electron chi connectivity index (χ3n) is 2.85. The third kappa shape index (κ3) is 2.49. The van der Waals surface area contributed by atoms with Crippen molar-refractivity contribution in [1.82, 2.24) is 0 Å². The molecule has 0 radical (unpaired) electrons. The molecular formula is C12H15BClFO2. The summed E-state index contributed by atoms with van der Waals surface area (Å²) < 4.78 is 25.2. The molecule has 0 aliphatic carbocycles. The van der Waals surface area contributed by atoms with Gasteiger partial charge < -0.3 is 9.31 Å². The standard InChI is InChI=1S/C12H15BClFO2/c1-4-8-9(5-6-10(14)11(8)15)13-16-7-12(2,3)17-13/h5-6H,4,7H2,1-3H3. The molecule has 17 heavy (non-hydrogen) atoms. The lowest BCUT2D eigenvalue weighted by Gasteiger charge is -2.17. The Bertz CT molecular complexity index is 437. The zero-order chi connectivity index (χ0) is 12.6. The van der Waals surface area contributed by atoms with Crippen molar-refractivity contribution in [1.29, 1.82) is 0 Å². The Hall–Kier alpha value is -0.575. The Morgan fingerprint density at radius 2 is 2.18 bits per heavy atom. The molecule has 2 nitrogen and oxygen atoms in total. The Morgan fingerprint density at radius 3 is 2.71 bits per heavy atom. The molecule has 0 bridgehead atoms. The average molecular weight is 257 g/mol. The lowest BCUT2D eigenvalue weighted by atomic mass is 9.75. The maximum Gasteiger partial charge on any atom is 0.494 e. The molecule has 5 heteroatoms. The van der Waals surface area contributed by atoms with E-state index in [4.69, 9.17) is 20.9 Å². The van der Waals surface area contributed by atoms with E-state index in [0.29, 0.717) is 18.6 Å². The smallest absolute Gasteiger partial charge is 0.404 e. The zero-order valence-electron chi connectivity index (χ0n) is 10.2. The predicted molar refractivity (Wildman–Crippen MR) is 67.3 cm³/mol. The summed E-state index contributed by atoms with van der Waals surface area (Å²) in [6.45, 7) is 6.29. The van der Waals surface area contributed by atoms with Crippen LogP contribution in [0.15, 0.2) is 12.1 Å². The molecule has 1 heterocycles. The summed E-state index contributed by atoms with van der Waals surface area (Å²) in [4.78, 5) is 0. The quantitative estimate of drug-likeness (QED) is 0.757.